The monoisotopic (exact) mass is 399 g/mol. The molecule has 0 radical (unpaired) electrons. The van der Waals surface area contributed by atoms with Gasteiger partial charge in [-0.05, 0) is 55.0 Å². The zero-order valence-electron chi connectivity index (χ0n) is 13.9. The molecular formula is C20H18BrNO3. The van der Waals surface area contributed by atoms with Crippen molar-refractivity contribution in [1.29, 1.82) is 0 Å². The zero-order valence-corrected chi connectivity index (χ0v) is 15.5. The molecule has 0 unspecified atom stereocenters. The number of hydrogen-bond acceptors (Lipinski definition) is 4. The second-order valence-corrected chi connectivity index (χ2v) is 6.52. The highest BCUT2D eigenvalue weighted by atomic mass is 79.9. The minimum atomic E-state index is -0.425. The van der Waals surface area contributed by atoms with Crippen molar-refractivity contribution < 1.29 is 9.15 Å². The van der Waals surface area contributed by atoms with Crippen LogP contribution in [-0.4, -0.2) is 11.6 Å². The minimum absolute atomic E-state index is 0.304. The summed E-state index contributed by atoms with van der Waals surface area (Å²) in [6.07, 6.45) is 2.13. The van der Waals surface area contributed by atoms with Gasteiger partial charge in [0.15, 0.2) is 0 Å². The van der Waals surface area contributed by atoms with Gasteiger partial charge < -0.3 is 9.15 Å². The van der Waals surface area contributed by atoms with Crippen molar-refractivity contribution in [3.05, 3.63) is 69.5 Å². The van der Waals surface area contributed by atoms with Crippen LogP contribution in [-0.2, 0) is 0 Å². The summed E-state index contributed by atoms with van der Waals surface area (Å²) in [6.45, 7) is 2.83. The number of hydrogen-bond donors (Lipinski definition) is 0. The molecule has 128 valence electrons. The maximum atomic E-state index is 11.9. The fourth-order valence-corrected chi connectivity index (χ4v) is 2.59. The molecule has 0 bridgehead atoms. The molecule has 0 fully saturated rings. The van der Waals surface area contributed by atoms with E-state index in [9.17, 15) is 4.79 Å². The summed E-state index contributed by atoms with van der Waals surface area (Å²) in [4.78, 5) is 16.4. The minimum Gasteiger partial charge on any atom is -0.494 e. The van der Waals surface area contributed by atoms with Crippen LogP contribution in [0.4, 0.5) is 0 Å². The van der Waals surface area contributed by atoms with Crippen LogP contribution in [0.5, 0.6) is 5.75 Å². The van der Waals surface area contributed by atoms with Gasteiger partial charge in [-0.25, -0.2) is 9.78 Å². The van der Waals surface area contributed by atoms with Crippen LogP contribution >= 0.6 is 15.9 Å². The summed E-state index contributed by atoms with van der Waals surface area (Å²) in [6, 6.07) is 16.4. The Morgan fingerprint density at radius 1 is 1.04 bits per heavy atom. The lowest BCUT2D eigenvalue weighted by Gasteiger charge is -2.07. The van der Waals surface area contributed by atoms with Crippen molar-refractivity contribution in [1.82, 2.24) is 4.98 Å². The van der Waals surface area contributed by atoms with Crippen LogP contribution in [0.25, 0.3) is 22.7 Å². The van der Waals surface area contributed by atoms with Crippen molar-refractivity contribution in [3.63, 3.8) is 0 Å². The van der Waals surface area contributed by atoms with E-state index < -0.39 is 5.63 Å². The highest BCUT2D eigenvalue weighted by Gasteiger charge is 2.09. The number of benzene rings is 2. The normalized spacial score (nSPS) is 10.6. The molecule has 1 heterocycles. The molecule has 3 rings (SSSR count). The largest absolute Gasteiger partial charge is 0.494 e. The van der Waals surface area contributed by atoms with Crippen LogP contribution in [0.1, 0.15) is 19.8 Å². The topological polar surface area (TPSA) is 52.3 Å². The van der Waals surface area contributed by atoms with Crippen molar-refractivity contribution in [2.45, 2.75) is 19.8 Å². The van der Waals surface area contributed by atoms with Gasteiger partial charge in [0.1, 0.15) is 5.75 Å². The van der Waals surface area contributed by atoms with E-state index in [0.717, 1.165) is 34.2 Å². The van der Waals surface area contributed by atoms with E-state index in [1.165, 1.54) is 6.07 Å². The van der Waals surface area contributed by atoms with E-state index in [-0.39, 0.29) is 0 Å². The van der Waals surface area contributed by atoms with Gasteiger partial charge in [0.25, 0.3) is 0 Å². The van der Waals surface area contributed by atoms with E-state index in [4.69, 9.17) is 9.15 Å². The van der Waals surface area contributed by atoms with Crippen molar-refractivity contribution >= 4 is 15.9 Å². The second kappa shape index (κ2) is 8.12. The summed E-state index contributed by atoms with van der Waals surface area (Å²) in [5.74, 6) is 1.12. The Kier molecular flexibility index (Phi) is 5.66. The Labute approximate surface area is 154 Å². The lowest BCUT2D eigenvalue weighted by molar-refractivity contribution is 0.309. The maximum Gasteiger partial charge on any atom is 0.339 e. The predicted molar refractivity (Wildman–Crippen MR) is 102 cm³/mol. The van der Waals surface area contributed by atoms with E-state index in [0.29, 0.717) is 18.2 Å². The summed E-state index contributed by atoms with van der Waals surface area (Å²) in [5.41, 5.74) is 1.75. The average Bonchev–Trinajstić information content (AvgIpc) is 2.62. The highest BCUT2D eigenvalue weighted by Crippen LogP contribution is 2.24. The summed E-state index contributed by atoms with van der Waals surface area (Å²) in [5, 5.41) is 0. The Bertz CT molecular complexity index is 886. The molecule has 0 amide bonds. The standard InChI is InChI=1S/C20H18BrNO3/c1-2-3-12-24-17-10-6-14(7-11-17)18-13-19(23)25-20(22-18)15-4-8-16(21)9-5-15/h4-11,13H,2-3,12H2,1H3. The number of nitrogens with zero attached hydrogens (tertiary/aromatic N) is 1. The van der Waals surface area contributed by atoms with E-state index in [1.807, 2.05) is 48.5 Å². The molecule has 5 heteroatoms. The molecule has 0 aliphatic carbocycles. The number of ether oxygens (including phenoxy) is 1. The molecular weight excluding hydrogens is 382 g/mol. The molecule has 25 heavy (non-hydrogen) atoms. The molecule has 4 nitrogen and oxygen atoms in total. The molecule has 3 aromatic rings. The zero-order chi connectivity index (χ0) is 17.6. The van der Waals surface area contributed by atoms with E-state index in [1.54, 1.807) is 0 Å². The van der Waals surface area contributed by atoms with Gasteiger partial charge in [-0.15, -0.1) is 0 Å². The number of unbranched alkanes of at least 4 members (excludes halogenated alkanes) is 1. The van der Waals surface area contributed by atoms with Gasteiger partial charge in [0, 0.05) is 15.6 Å². The van der Waals surface area contributed by atoms with Crippen LogP contribution in [0, 0.1) is 0 Å². The molecule has 0 saturated heterocycles. The fraction of sp³-hybridized carbons (Fsp3) is 0.200. The lowest BCUT2D eigenvalue weighted by atomic mass is 10.1. The summed E-state index contributed by atoms with van der Waals surface area (Å²) in [7, 11) is 0. The first-order valence-corrected chi connectivity index (χ1v) is 8.96. The molecule has 0 saturated carbocycles. The Morgan fingerprint density at radius 3 is 2.40 bits per heavy atom. The van der Waals surface area contributed by atoms with Crippen LogP contribution in [0.3, 0.4) is 0 Å². The third-order valence-corrected chi connectivity index (χ3v) is 4.21. The summed E-state index contributed by atoms with van der Waals surface area (Å²) >= 11 is 3.39. The third kappa shape index (κ3) is 4.57. The Hall–Kier alpha value is -2.40. The van der Waals surface area contributed by atoms with Gasteiger partial charge in [-0.3, -0.25) is 0 Å². The van der Waals surface area contributed by atoms with Crippen molar-refractivity contribution in [2.75, 3.05) is 6.61 Å². The van der Waals surface area contributed by atoms with Gasteiger partial charge >= 0.3 is 5.63 Å². The maximum absolute atomic E-state index is 11.9. The first-order chi connectivity index (χ1) is 12.2. The number of halogens is 1. The second-order valence-electron chi connectivity index (χ2n) is 5.60. The van der Waals surface area contributed by atoms with Crippen molar-refractivity contribution in [3.8, 4) is 28.5 Å². The fourth-order valence-electron chi connectivity index (χ4n) is 2.32. The quantitative estimate of drug-likeness (QED) is 0.527. The van der Waals surface area contributed by atoms with Crippen LogP contribution < -0.4 is 10.4 Å². The molecule has 1 aromatic heterocycles. The number of aromatic nitrogens is 1. The van der Waals surface area contributed by atoms with Crippen LogP contribution in [0.2, 0.25) is 0 Å². The first kappa shape index (κ1) is 17.4. The lowest BCUT2D eigenvalue weighted by Crippen LogP contribution is -2.02. The van der Waals surface area contributed by atoms with Gasteiger partial charge in [0.2, 0.25) is 5.89 Å². The van der Waals surface area contributed by atoms with Gasteiger partial charge in [-0.1, -0.05) is 29.3 Å². The van der Waals surface area contributed by atoms with Crippen molar-refractivity contribution in [2.24, 2.45) is 0 Å². The smallest absolute Gasteiger partial charge is 0.339 e. The van der Waals surface area contributed by atoms with Crippen LogP contribution in [0.15, 0.2) is 68.3 Å². The third-order valence-electron chi connectivity index (χ3n) is 3.68. The molecule has 0 aliphatic rings. The summed E-state index contributed by atoms with van der Waals surface area (Å²) < 4.78 is 11.9. The molecule has 0 atom stereocenters. The Balaban J connectivity index is 1.87. The highest BCUT2D eigenvalue weighted by molar-refractivity contribution is 9.10. The molecule has 0 N–H and O–H groups in total. The van der Waals surface area contributed by atoms with Gasteiger partial charge in [0.05, 0.1) is 18.4 Å². The SMILES string of the molecule is CCCCOc1ccc(-c2cc(=O)oc(-c3ccc(Br)cc3)n2)cc1. The van der Waals surface area contributed by atoms with E-state index in [2.05, 4.69) is 27.8 Å². The average molecular weight is 400 g/mol. The number of rotatable bonds is 6. The molecule has 2 aromatic carbocycles. The molecule has 0 aliphatic heterocycles. The Morgan fingerprint density at radius 2 is 1.72 bits per heavy atom. The predicted octanol–water partition coefficient (Wildman–Crippen LogP) is 5.31. The van der Waals surface area contributed by atoms with E-state index >= 15 is 0 Å². The molecule has 0 spiro atoms. The first-order valence-electron chi connectivity index (χ1n) is 8.17. The van der Waals surface area contributed by atoms with Gasteiger partial charge in [-0.2, -0.15) is 0 Å².